The van der Waals surface area contributed by atoms with Gasteiger partial charge in [0.2, 0.25) is 0 Å². The summed E-state index contributed by atoms with van der Waals surface area (Å²) in [6, 6.07) is 0.181. The van der Waals surface area contributed by atoms with Crippen LogP contribution in [0.3, 0.4) is 0 Å². The largest absolute Gasteiger partial charge is 0.368 e. The van der Waals surface area contributed by atoms with Crippen molar-refractivity contribution in [2.45, 2.75) is 37.8 Å². The number of thiazole rings is 1. The van der Waals surface area contributed by atoms with E-state index in [1.54, 1.807) is 11.3 Å². The van der Waals surface area contributed by atoms with E-state index in [2.05, 4.69) is 4.98 Å². The van der Waals surface area contributed by atoms with E-state index in [1.807, 2.05) is 16.5 Å². The van der Waals surface area contributed by atoms with Crippen molar-refractivity contribution in [3.8, 4) is 0 Å². The third-order valence-electron chi connectivity index (χ3n) is 3.50. The van der Waals surface area contributed by atoms with Gasteiger partial charge in [-0.2, -0.15) is 0 Å². The molecule has 5 heteroatoms. The summed E-state index contributed by atoms with van der Waals surface area (Å²) < 4.78 is 5.30. The van der Waals surface area contributed by atoms with Gasteiger partial charge < -0.3 is 9.64 Å². The second kappa shape index (κ2) is 4.74. The Bertz CT molecular complexity index is 389. The minimum absolute atomic E-state index is 0.163. The molecule has 1 amide bonds. The molecule has 92 valence electrons. The highest BCUT2D eigenvalue weighted by Gasteiger charge is 2.36. The zero-order valence-electron chi connectivity index (χ0n) is 9.67. The monoisotopic (exact) mass is 252 g/mol. The van der Waals surface area contributed by atoms with Crippen molar-refractivity contribution >= 4 is 17.2 Å². The number of carbonyl (C=O) groups excluding carboxylic acids is 1. The van der Waals surface area contributed by atoms with E-state index in [0.717, 1.165) is 37.4 Å². The van der Waals surface area contributed by atoms with E-state index >= 15 is 0 Å². The highest BCUT2D eigenvalue weighted by Crippen LogP contribution is 2.33. The standard InChI is InChI=1S/C12H16N2O2S/c15-12(10-4-7-16-10)14-6-2-1-3-9(14)11-13-5-8-17-11/h5,8-10H,1-4,6-7H2/t9-,10+/m1/s1. The minimum Gasteiger partial charge on any atom is -0.368 e. The van der Waals surface area contributed by atoms with Crippen LogP contribution in [0, 0.1) is 0 Å². The van der Waals surface area contributed by atoms with E-state index in [0.29, 0.717) is 0 Å². The molecule has 1 aromatic heterocycles. The van der Waals surface area contributed by atoms with Gasteiger partial charge in [-0.25, -0.2) is 4.98 Å². The van der Waals surface area contributed by atoms with Gasteiger partial charge in [-0.3, -0.25) is 4.79 Å². The molecule has 0 N–H and O–H groups in total. The molecule has 0 aliphatic carbocycles. The van der Waals surface area contributed by atoms with E-state index in [9.17, 15) is 4.79 Å². The Morgan fingerprint density at radius 2 is 2.35 bits per heavy atom. The van der Waals surface area contributed by atoms with E-state index in [-0.39, 0.29) is 18.1 Å². The maximum Gasteiger partial charge on any atom is 0.252 e. The SMILES string of the molecule is O=C([C@@H]1CCO1)N1CCCC[C@@H]1c1nccs1. The molecule has 0 aromatic carbocycles. The molecule has 0 bridgehead atoms. The molecule has 0 saturated carbocycles. The third-order valence-corrected chi connectivity index (χ3v) is 4.37. The molecule has 17 heavy (non-hydrogen) atoms. The number of likely N-dealkylation sites (tertiary alicyclic amines) is 1. The van der Waals surface area contributed by atoms with Gasteiger partial charge in [-0.15, -0.1) is 11.3 Å². The molecule has 0 radical (unpaired) electrons. The van der Waals surface area contributed by atoms with Crippen molar-refractivity contribution in [3.63, 3.8) is 0 Å². The Hall–Kier alpha value is -0.940. The normalized spacial score (nSPS) is 28.8. The number of nitrogens with zero attached hydrogens (tertiary/aromatic N) is 2. The summed E-state index contributed by atoms with van der Waals surface area (Å²) in [7, 11) is 0. The highest BCUT2D eigenvalue weighted by atomic mass is 32.1. The summed E-state index contributed by atoms with van der Waals surface area (Å²) in [6.45, 7) is 1.58. The number of rotatable bonds is 2. The van der Waals surface area contributed by atoms with E-state index < -0.39 is 0 Å². The second-order valence-electron chi connectivity index (χ2n) is 4.56. The number of ether oxygens (including phenoxy) is 1. The van der Waals surface area contributed by atoms with Gasteiger partial charge in [-0.05, 0) is 19.3 Å². The number of hydrogen-bond acceptors (Lipinski definition) is 4. The summed E-state index contributed by atoms with van der Waals surface area (Å²) >= 11 is 1.64. The molecule has 2 aliphatic heterocycles. The van der Waals surface area contributed by atoms with Gasteiger partial charge in [0.05, 0.1) is 12.6 Å². The quantitative estimate of drug-likeness (QED) is 0.808. The predicted octanol–water partition coefficient (Wildman–Crippen LogP) is 1.99. The Morgan fingerprint density at radius 1 is 1.47 bits per heavy atom. The molecule has 0 spiro atoms. The summed E-state index contributed by atoms with van der Waals surface area (Å²) in [5.41, 5.74) is 0. The summed E-state index contributed by atoms with van der Waals surface area (Å²) in [4.78, 5) is 18.6. The first kappa shape index (κ1) is 11.2. The Labute approximate surface area is 105 Å². The van der Waals surface area contributed by atoms with Crippen LogP contribution in [-0.4, -0.2) is 35.0 Å². The predicted molar refractivity (Wildman–Crippen MR) is 64.8 cm³/mol. The van der Waals surface area contributed by atoms with Crippen LogP contribution in [0.15, 0.2) is 11.6 Å². The summed E-state index contributed by atoms with van der Waals surface area (Å²) in [6.07, 6.45) is 5.82. The molecule has 2 fully saturated rings. The average molecular weight is 252 g/mol. The number of aromatic nitrogens is 1. The van der Waals surface area contributed by atoms with Crippen LogP contribution < -0.4 is 0 Å². The van der Waals surface area contributed by atoms with Crippen molar-refractivity contribution in [2.24, 2.45) is 0 Å². The molecule has 4 nitrogen and oxygen atoms in total. The fraction of sp³-hybridized carbons (Fsp3) is 0.667. The number of amides is 1. The van der Waals surface area contributed by atoms with Gasteiger partial charge >= 0.3 is 0 Å². The van der Waals surface area contributed by atoms with Crippen LogP contribution in [-0.2, 0) is 9.53 Å². The van der Waals surface area contributed by atoms with Gasteiger partial charge in [-0.1, -0.05) is 0 Å². The Balaban J connectivity index is 1.77. The highest BCUT2D eigenvalue weighted by molar-refractivity contribution is 7.09. The van der Waals surface area contributed by atoms with E-state index in [1.165, 1.54) is 6.42 Å². The lowest BCUT2D eigenvalue weighted by Gasteiger charge is -2.38. The number of hydrogen-bond donors (Lipinski definition) is 0. The van der Waals surface area contributed by atoms with Crippen molar-refractivity contribution in [2.75, 3.05) is 13.2 Å². The topological polar surface area (TPSA) is 42.4 Å². The van der Waals surface area contributed by atoms with Gasteiger partial charge in [0.25, 0.3) is 5.91 Å². The van der Waals surface area contributed by atoms with Gasteiger partial charge in [0, 0.05) is 24.5 Å². The number of carbonyl (C=O) groups is 1. The first-order valence-electron chi connectivity index (χ1n) is 6.18. The Morgan fingerprint density at radius 3 is 3.00 bits per heavy atom. The van der Waals surface area contributed by atoms with Crippen LogP contribution >= 0.6 is 11.3 Å². The Kier molecular flexibility index (Phi) is 3.11. The van der Waals surface area contributed by atoms with Crippen LogP contribution in [0.25, 0.3) is 0 Å². The molecule has 2 aliphatic rings. The van der Waals surface area contributed by atoms with Gasteiger partial charge in [0.1, 0.15) is 11.1 Å². The third kappa shape index (κ3) is 2.09. The molecular weight excluding hydrogens is 236 g/mol. The fourth-order valence-corrected chi connectivity index (χ4v) is 3.25. The lowest BCUT2D eigenvalue weighted by atomic mass is 10.0. The molecule has 2 atom stereocenters. The number of piperidine rings is 1. The molecule has 1 aromatic rings. The zero-order chi connectivity index (χ0) is 11.7. The minimum atomic E-state index is -0.185. The maximum atomic E-state index is 12.3. The van der Waals surface area contributed by atoms with Crippen molar-refractivity contribution in [3.05, 3.63) is 16.6 Å². The molecule has 3 rings (SSSR count). The summed E-state index contributed by atoms with van der Waals surface area (Å²) in [5.74, 6) is 0.163. The van der Waals surface area contributed by atoms with Crippen molar-refractivity contribution < 1.29 is 9.53 Å². The first-order valence-corrected chi connectivity index (χ1v) is 7.06. The summed E-state index contributed by atoms with van der Waals surface area (Å²) in [5, 5.41) is 3.05. The van der Waals surface area contributed by atoms with Crippen LogP contribution in [0.4, 0.5) is 0 Å². The second-order valence-corrected chi connectivity index (χ2v) is 5.49. The smallest absolute Gasteiger partial charge is 0.252 e. The molecule has 0 unspecified atom stereocenters. The van der Waals surface area contributed by atoms with Crippen LogP contribution in [0.2, 0.25) is 0 Å². The molecule has 2 saturated heterocycles. The molecule has 3 heterocycles. The van der Waals surface area contributed by atoms with Crippen LogP contribution in [0.5, 0.6) is 0 Å². The maximum absolute atomic E-state index is 12.3. The zero-order valence-corrected chi connectivity index (χ0v) is 10.5. The average Bonchev–Trinajstić information content (AvgIpc) is 2.80. The van der Waals surface area contributed by atoms with Gasteiger partial charge in [0.15, 0.2) is 0 Å². The first-order chi connectivity index (χ1) is 8.36. The fourth-order valence-electron chi connectivity index (χ4n) is 2.47. The molecular formula is C12H16N2O2S. The van der Waals surface area contributed by atoms with Crippen molar-refractivity contribution in [1.82, 2.24) is 9.88 Å². The lowest BCUT2D eigenvalue weighted by molar-refractivity contribution is -0.160. The van der Waals surface area contributed by atoms with Crippen LogP contribution in [0.1, 0.15) is 36.7 Å². The van der Waals surface area contributed by atoms with E-state index in [4.69, 9.17) is 4.74 Å². The lowest BCUT2D eigenvalue weighted by Crippen LogP contribution is -2.48. The van der Waals surface area contributed by atoms with Crippen molar-refractivity contribution in [1.29, 1.82) is 0 Å².